The molecule has 0 N–H and O–H groups in total. The molecule has 0 saturated carbocycles. The quantitative estimate of drug-likeness (QED) is 0.502. The lowest BCUT2D eigenvalue weighted by molar-refractivity contribution is 0.242. The van der Waals surface area contributed by atoms with Crippen molar-refractivity contribution in [3.05, 3.63) is 0 Å². The average molecular weight is 367 g/mol. The molecule has 0 aromatic rings. The standard InChI is InChI=1S/C14H38O3Si4/c1-12-14(2)13-21(15-18(3,4)5,16-19(6,7)8)17-20(9,10)11/h14H,12-13H2,1-11H3. The van der Waals surface area contributed by atoms with Crippen molar-refractivity contribution in [3.8, 4) is 0 Å². The minimum atomic E-state index is -2.60. The minimum absolute atomic E-state index is 0.584. The summed E-state index contributed by atoms with van der Waals surface area (Å²) < 4.78 is 20.0. The van der Waals surface area contributed by atoms with Crippen LogP contribution >= 0.6 is 0 Å². The third-order valence-corrected chi connectivity index (χ3v) is 15.0. The van der Waals surface area contributed by atoms with E-state index in [9.17, 15) is 0 Å². The monoisotopic (exact) mass is 366 g/mol. The first-order valence-electron chi connectivity index (χ1n) is 8.18. The van der Waals surface area contributed by atoms with E-state index in [1.54, 1.807) is 0 Å². The Hall–Kier alpha value is 0.748. The van der Waals surface area contributed by atoms with E-state index in [2.05, 4.69) is 72.8 Å². The van der Waals surface area contributed by atoms with Crippen LogP contribution in [0.4, 0.5) is 0 Å². The molecule has 0 aliphatic carbocycles. The zero-order valence-electron chi connectivity index (χ0n) is 16.2. The highest BCUT2D eigenvalue weighted by molar-refractivity contribution is 6.90. The van der Waals surface area contributed by atoms with Crippen LogP contribution in [0.1, 0.15) is 20.3 Å². The Morgan fingerprint density at radius 3 is 1.14 bits per heavy atom. The summed E-state index contributed by atoms with van der Waals surface area (Å²) in [4.78, 5) is 0. The van der Waals surface area contributed by atoms with Crippen molar-refractivity contribution in [2.75, 3.05) is 0 Å². The van der Waals surface area contributed by atoms with Crippen molar-refractivity contribution < 1.29 is 12.3 Å². The Morgan fingerprint density at radius 1 is 0.667 bits per heavy atom. The highest BCUT2D eigenvalue weighted by Crippen LogP contribution is 2.32. The number of hydrogen-bond donors (Lipinski definition) is 0. The number of hydrogen-bond acceptors (Lipinski definition) is 3. The van der Waals surface area contributed by atoms with E-state index < -0.39 is 33.8 Å². The molecule has 0 fully saturated rings. The van der Waals surface area contributed by atoms with Crippen LogP contribution in [0, 0.1) is 5.92 Å². The highest BCUT2D eigenvalue weighted by atomic mass is 28.5. The van der Waals surface area contributed by atoms with Gasteiger partial charge in [0.2, 0.25) is 0 Å². The molecule has 1 atom stereocenters. The van der Waals surface area contributed by atoms with Gasteiger partial charge in [0, 0.05) is 6.04 Å². The fourth-order valence-corrected chi connectivity index (χ4v) is 17.1. The first-order chi connectivity index (χ1) is 9.08. The summed E-state index contributed by atoms with van der Waals surface area (Å²) in [6.45, 7) is 24.7. The van der Waals surface area contributed by atoms with Gasteiger partial charge in [-0.3, -0.25) is 0 Å². The molecule has 3 nitrogen and oxygen atoms in total. The van der Waals surface area contributed by atoms with Crippen molar-refractivity contribution in [3.63, 3.8) is 0 Å². The maximum atomic E-state index is 6.65. The molecule has 0 aromatic heterocycles. The van der Waals surface area contributed by atoms with Crippen LogP contribution in [-0.4, -0.2) is 33.8 Å². The normalized spacial score (nSPS) is 16.1. The molecule has 0 saturated heterocycles. The van der Waals surface area contributed by atoms with Gasteiger partial charge in [0.05, 0.1) is 0 Å². The zero-order valence-corrected chi connectivity index (χ0v) is 20.2. The maximum absolute atomic E-state index is 6.65. The number of rotatable bonds is 9. The van der Waals surface area contributed by atoms with Gasteiger partial charge in [0.25, 0.3) is 0 Å². The van der Waals surface area contributed by atoms with Gasteiger partial charge < -0.3 is 12.3 Å². The maximum Gasteiger partial charge on any atom is 0.469 e. The summed E-state index contributed by atoms with van der Waals surface area (Å²) in [5.74, 6) is 0.584. The first-order valence-corrected chi connectivity index (χ1v) is 20.3. The molecule has 0 aliphatic heterocycles. The van der Waals surface area contributed by atoms with Crippen LogP contribution in [0.2, 0.25) is 65.0 Å². The molecule has 0 amide bonds. The van der Waals surface area contributed by atoms with E-state index in [0.29, 0.717) is 5.92 Å². The third-order valence-electron chi connectivity index (χ3n) is 2.68. The molecule has 0 radical (unpaired) electrons. The van der Waals surface area contributed by atoms with Crippen molar-refractivity contribution in [1.29, 1.82) is 0 Å². The third kappa shape index (κ3) is 11.0. The first kappa shape index (κ1) is 21.7. The zero-order chi connectivity index (χ0) is 17.1. The van der Waals surface area contributed by atoms with E-state index in [-0.39, 0.29) is 0 Å². The highest BCUT2D eigenvalue weighted by Gasteiger charge is 2.50. The lowest BCUT2D eigenvalue weighted by atomic mass is 10.2. The summed E-state index contributed by atoms with van der Waals surface area (Å²) in [5, 5.41) is 0. The van der Waals surface area contributed by atoms with E-state index in [1.165, 1.54) is 0 Å². The smallest absolute Gasteiger partial charge is 0.417 e. The van der Waals surface area contributed by atoms with Crippen LogP contribution in [-0.2, 0) is 12.3 Å². The fourth-order valence-electron chi connectivity index (χ4n) is 2.16. The Kier molecular flexibility index (Phi) is 7.81. The second-order valence-corrected chi connectivity index (χ2v) is 25.9. The van der Waals surface area contributed by atoms with Gasteiger partial charge in [0.15, 0.2) is 25.0 Å². The second kappa shape index (κ2) is 7.54. The fraction of sp³-hybridized carbons (Fsp3) is 1.00. The van der Waals surface area contributed by atoms with Crippen molar-refractivity contribution in [2.45, 2.75) is 85.2 Å². The van der Waals surface area contributed by atoms with E-state index in [0.717, 1.165) is 12.5 Å². The molecule has 0 aliphatic rings. The molecule has 0 rings (SSSR count). The molecule has 128 valence electrons. The molecule has 0 aromatic carbocycles. The van der Waals surface area contributed by atoms with Gasteiger partial charge in [-0.05, 0) is 64.8 Å². The van der Waals surface area contributed by atoms with Gasteiger partial charge in [-0.2, -0.15) is 0 Å². The topological polar surface area (TPSA) is 27.7 Å². The summed E-state index contributed by atoms with van der Waals surface area (Å²) in [5.41, 5.74) is 0. The Labute approximate surface area is 137 Å². The predicted molar refractivity (Wildman–Crippen MR) is 103 cm³/mol. The van der Waals surface area contributed by atoms with E-state index >= 15 is 0 Å². The van der Waals surface area contributed by atoms with Crippen LogP contribution in [0.25, 0.3) is 0 Å². The molecule has 0 heterocycles. The summed E-state index contributed by atoms with van der Waals surface area (Å²) >= 11 is 0. The lowest BCUT2D eigenvalue weighted by Gasteiger charge is -2.43. The van der Waals surface area contributed by atoms with Gasteiger partial charge in [0.1, 0.15) is 0 Å². The second-order valence-electron chi connectivity index (χ2n) is 9.04. The molecule has 0 bridgehead atoms. The summed E-state index contributed by atoms with van der Waals surface area (Å²) in [6.07, 6.45) is 1.15. The average Bonchev–Trinajstić information content (AvgIpc) is 2.07. The van der Waals surface area contributed by atoms with Crippen molar-refractivity contribution >= 4 is 33.8 Å². The molecule has 21 heavy (non-hydrogen) atoms. The Morgan fingerprint density at radius 2 is 0.952 bits per heavy atom. The van der Waals surface area contributed by atoms with Crippen LogP contribution in [0.5, 0.6) is 0 Å². The molecule has 7 heteroatoms. The SMILES string of the molecule is CCC(C)C[Si](O[Si](C)(C)C)(O[Si](C)(C)C)O[Si](C)(C)C. The van der Waals surface area contributed by atoms with Crippen LogP contribution in [0.15, 0.2) is 0 Å². The molecular weight excluding hydrogens is 328 g/mol. The largest absolute Gasteiger partial charge is 0.469 e. The molecular formula is C14H38O3Si4. The Balaban J connectivity index is 5.57. The molecule has 0 spiro atoms. The Bertz CT molecular complexity index is 275. The van der Waals surface area contributed by atoms with E-state index in [1.807, 2.05) is 0 Å². The van der Waals surface area contributed by atoms with Crippen molar-refractivity contribution in [1.82, 2.24) is 0 Å². The predicted octanol–water partition coefficient (Wildman–Crippen LogP) is 5.53. The van der Waals surface area contributed by atoms with Gasteiger partial charge >= 0.3 is 8.80 Å². The summed E-state index contributed by atoms with van der Waals surface area (Å²) in [6, 6.07) is 0.961. The van der Waals surface area contributed by atoms with Gasteiger partial charge in [-0.1, -0.05) is 20.3 Å². The lowest BCUT2D eigenvalue weighted by Crippen LogP contribution is -2.61. The van der Waals surface area contributed by atoms with Crippen LogP contribution in [0.3, 0.4) is 0 Å². The van der Waals surface area contributed by atoms with Crippen molar-refractivity contribution in [2.24, 2.45) is 5.92 Å². The summed E-state index contributed by atoms with van der Waals surface area (Å²) in [7, 11) is -7.75. The van der Waals surface area contributed by atoms with E-state index in [4.69, 9.17) is 12.3 Å². The molecule has 1 unspecified atom stereocenters. The van der Waals surface area contributed by atoms with Crippen LogP contribution < -0.4 is 0 Å². The van der Waals surface area contributed by atoms with Gasteiger partial charge in [-0.25, -0.2) is 0 Å². The van der Waals surface area contributed by atoms with Gasteiger partial charge in [-0.15, -0.1) is 0 Å². The minimum Gasteiger partial charge on any atom is -0.417 e.